The van der Waals surface area contributed by atoms with Gasteiger partial charge in [-0.3, -0.25) is 9.59 Å². The second-order valence-electron chi connectivity index (χ2n) is 3.46. The van der Waals surface area contributed by atoms with Crippen molar-refractivity contribution in [2.75, 3.05) is 20.7 Å². The van der Waals surface area contributed by atoms with Gasteiger partial charge in [0.25, 0.3) is 0 Å². The van der Waals surface area contributed by atoms with Crippen LogP contribution in [0.25, 0.3) is 0 Å². The summed E-state index contributed by atoms with van der Waals surface area (Å²) in [5, 5.41) is 4.78. The van der Waals surface area contributed by atoms with Gasteiger partial charge in [-0.25, -0.2) is 0 Å². The van der Waals surface area contributed by atoms with E-state index in [1.807, 2.05) is 19.1 Å². The SMILES string of the molecule is CNC(=O)C(=O)NC[C@H](OC)c1ccc(C)s1. The highest BCUT2D eigenvalue weighted by Gasteiger charge is 2.16. The maximum Gasteiger partial charge on any atom is 0.309 e. The third-order valence-corrected chi connectivity index (χ3v) is 3.34. The van der Waals surface area contributed by atoms with Crippen molar-refractivity contribution >= 4 is 23.2 Å². The first-order valence-corrected chi connectivity index (χ1v) is 5.99. The maximum absolute atomic E-state index is 11.3. The van der Waals surface area contributed by atoms with Crippen LogP contribution in [0.15, 0.2) is 12.1 Å². The Kier molecular flexibility index (Phi) is 5.11. The van der Waals surface area contributed by atoms with E-state index >= 15 is 0 Å². The monoisotopic (exact) mass is 256 g/mol. The van der Waals surface area contributed by atoms with Crippen LogP contribution in [0.2, 0.25) is 0 Å². The van der Waals surface area contributed by atoms with Crippen LogP contribution in [0.4, 0.5) is 0 Å². The molecule has 0 spiro atoms. The van der Waals surface area contributed by atoms with E-state index in [0.717, 1.165) is 4.88 Å². The van der Waals surface area contributed by atoms with Gasteiger partial charge < -0.3 is 15.4 Å². The lowest BCUT2D eigenvalue weighted by Gasteiger charge is -2.14. The summed E-state index contributed by atoms with van der Waals surface area (Å²) in [7, 11) is 2.99. The molecular weight excluding hydrogens is 240 g/mol. The number of methoxy groups -OCH3 is 1. The molecule has 1 rings (SSSR count). The molecule has 94 valence electrons. The number of thiophene rings is 1. The van der Waals surface area contributed by atoms with Crippen LogP contribution >= 0.6 is 11.3 Å². The molecule has 2 N–H and O–H groups in total. The molecule has 0 aliphatic heterocycles. The largest absolute Gasteiger partial charge is 0.374 e. The highest BCUT2D eigenvalue weighted by atomic mass is 32.1. The fourth-order valence-electron chi connectivity index (χ4n) is 1.31. The molecule has 1 aromatic rings. The number of ether oxygens (including phenoxy) is 1. The normalized spacial score (nSPS) is 11.9. The number of carbonyl (C=O) groups excluding carboxylic acids is 2. The van der Waals surface area contributed by atoms with Gasteiger partial charge in [0.05, 0.1) is 0 Å². The fourth-order valence-corrected chi connectivity index (χ4v) is 2.26. The molecule has 5 nitrogen and oxygen atoms in total. The summed E-state index contributed by atoms with van der Waals surface area (Å²) < 4.78 is 5.28. The highest BCUT2D eigenvalue weighted by Crippen LogP contribution is 2.24. The molecule has 0 fully saturated rings. The number of likely N-dealkylation sites (N-methyl/N-ethyl adjacent to an activating group) is 1. The number of carbonyl (C=O) groups is 2. The predicted molar refractivity (Wildman–Crippen MR) is 65.9 cm³/mol. The Balaban J connectivity index is 2.54. The van der Waals surface area contributed by atoms with Gasteiger partial charge in [0.2, 0.25) is 0 Å². The van der Waals surface area contributed by atoms with Crippen LogP contribution < -0.4 is 10.6 Å². The first-order chi connectivity index (χ1) is 8.08. The number of rotatable bonds is 4. The average Bonchev–Trinajstić information content (AvgIpc) is 2.75. The number of aryl methyl sites for hydroxylation is 1. The highest BCUT2D eigenvalue weighted by molar-refractivity contribution is 7.12. The number of hydrogen-bond donors (Lipinski definition) is 2. The minimum absolute atomic E-state index is 0.220. The van der Waals surface area contributed by atoms with Crippen LogP contribution in [0.3, 0.4) is 0 Å². The van der Waals surface area contributed by atoms with Gasteiger partial charge in [-0.15, -0.1) is 11.3 Å². The summed E-state index contributed by atoms with van der Waals surface area (Å²) in [4.78, 5) is 24.5. The number of nitrogens with one attached hydrogen (secondary N) is 2. The molecule has 6 heteroatoms. The van der Waals surface area contributed by atoms with Crippen molar-refractivity contribution in [3.8, 4) is 0 Å². The van der Waals surface area contributed by atoms with E-state index in [-0.39, 0.29) is 12.6 Å². The second-order valence-corrected chi connectivity index (χ2v) is 4.78. The molecule has 0 radical (unpaired) electrons. The molecule has 1 heterocycles. The Morgan fingerprint density at radius 1 is 1.41 bits per heavy atom. The van der Waals surface area contributed by atoms with E-state index in [0.29, 0.717) is 0 Å². The smallest absolute Gasteiger partial charge is 0.309 e. The molecular formula is C11H16N2O3S. The third-order valence-electron chi connectivity index (χ3n) is 2.24. The van der Waals surface area contributed by atoms with E-state index < -0.39 is 11.8 Å². The molecule has 0 unspecified atom stereocenters. The van der Waals surface area contributed by atoms with Gasteiger partial charge in [-0.2, -0.15) is 0 Å². The second kappa shape index (κ2) is 6.36. The standard InChI is InChI=1S/C11H16N2O3S/c1-7-4-5-9(17-7)8(16-3)6-13-11(15)10(14)12-2/h4-5,8H,6H2,1-3H3,(H,12,14)(H,13,15)/t8-/m0/s1. The number of amides is 2. The van der Waals surface area contributed by atoms with E-state index in [1.165, 1.54) is 11.9 Å². The van der Waals surface area contributed by atoms with Crippen LogP contribution in [-0.4, -0.2) is 32.5 Å². The molecule has 17 heavy (non-hydrogen) atoms. The summed E-state index contributed by atoms with van der Waals surface area (Å²) in [5.74, 6) is -1.30. The van der Waals surface area contributed by atoms with E-state index in [4.69, 9.17) is 4.74 Å². The van der Waals surface area contributed by atoms with E-state index in [9.17, 15) is 9.59 Å². The molecule has 0 aliphatic rings. The molecule has 1 aromatic heterocycles. The molecule has 0 saturated carbocycles. The Labute approximate surface area is 104 Å². The van der Waals surface area contributed by atoms with Gasteiger partial charge in [0.15, 0.2) is 0 Å². The fraction of sp³-hybridized carbons (Fsp3) is 0.455. The summed E-state index contributed by atoms with van der Waals surface area (Å²) >= 11 is 1.61. The first-order valence-electron chi connectivity index (χ1n) is 5.17. The first kappa shape index (κ1) is 13.7. The minimum atomic E-state index is -0.651. The van der Waals surface area contributed by atoms with Crippen molar-refractivity contribution < 1.29 is 14.3 Å². The van der Waals surface area contributed by atoms with Crippen LogP contribution in [0.5, 0.6) is 0 Å². The zero-order chi connectivity index (χ0) is 12.8. The molecule has 0 bridgehead atoms. The lowest BCUT2D eigenvalue weighted by Crippen LogP contribution is -2.40. The summed E-state index contributed by atoms with van der Waals surface area (Å²) in [5.41, 5.74) is 0. The summed E-state index contributed by atoms with van der Waals surface area (Å²) in [6.07, 6.45) is -0.220. The Morgan fingerprint density at radius 2 is 2.12 bits per heavy atom. The van der Waals surface area contributed by atoms with Crippen LogP contribution in [-0.2, 0) is 14.3 Å². The van der Waals surface area contributed by atoms with Crippen LogP contribution in [0.1, 0.15) is 15.9 Å². The zero-order valence-electron chi connectivity index (χ0n) is 10.1. The van der Waals surface area contributed by atoms with E-state index in [2.05, 4.69) is 10.6 Å². The van der Waals surface area contributed by atoms with Gasteiger partial charge in [0.1, 0.15) is 6.10 Å². The minimum Gasteiger partial charge on any atom is -0.374 e. The molecule has 0 aromatic carbocycles. The molecule has 0 saturated heterocycles. The number of hydrogen-bond acceptors (Lipinski definition) is 4. The quantitative estimate of drug-likeness (QED) is 0.775. The van der Waals surface area contributed by atoms with Crippen molar-refractivity contribution in [2.24, 2.45) is 0 Å². The molecule has 0 aliphatic carbocycles. The molecule has 1 atom stereocenters. The zero-order valence-corrected chi connectivity index (χ0v) is 10.9. The van der Waals surface area contributed by atoms with Gasteiger partial charge in [0, 0.05) is 30.5 Å². The van der Waals surface area contributed by atoms with E-state index in [1.54, 1.807) is 18.4 Å². The lowest BCUT2D eigenvalue weighted by atomic mass is 10.3. The van der Waals surface area contributed by atoms with Gasteiger partial charge in [-0.1, -0.05) is 0 Å². The Morgan fingerprint density at radius 3 is 2.59 bits per heavy atom. The van der Waals surface area contributed by atoms with Crippen LogP contribution in [0, 0.1) is 6.92 Å². The Bertz CT molecular complexity index is 403. The van der Waals surface area contributed by atoms with Gasteiger partial charge >= 0.3 is 11.8 Å². The predicted octanol–water partition coefficient (Wildman–Crippen LogP) is 0.606. The summed E-state index contributed by atoms with van der Waals surface area (Å²) in [6.45, 7) is 2.28. The Hall–Kier alpha value is -1.40. The third kappa shape index (κ3) is 3.83. The molecule has 2 amide bonds. The average molecular weight is 256 g/mol. The van der Waals surface area contributed by atoms with Crippen molar-refractivity contribution in [2.45, 2.75) is 13.0 Å². The van der Waals surface area contributed by atoms with Crippen molar-refractivity contribution in [1.82, 2.24) is 10.6 Å². The maximum atomic E-state index is 11.3. The van der Waals surface area contributed by atoms with Crippen molar-refractivity contribution in [3.63, 3.8) is 0 Å². The van der Waals surface area contributed by atoms with Crippen molar-refractivity contribution in [1.29, 1.82) is 0 Å². The lowest BCUT2D eigenvalue weighted by molar-refractivity contribution is -0.139. The van der Waals surface area contributed by atoms with Gasteiger partial charge in [-0.05, 0) is 19.1 Å². The summed E-state index contributed by atoms with van der Waals surface area (Å²) in [6, 6.07) is 3.95. The van der Waals surface area contributed by atoms with Crippen molar-refractivity contribution in [3.05, 3.63) is 21.9 Å². The topological polar surface area (TPSA) is 67.4 Å².